The molecule has 0 radical (unpaired) electrons. The number of hydrogen-bond donors (Lipinski definition) is 3. The average Bonchev–Trinajstić information content (AvgIpc) is 3.22. The minimum absolute atomic E-state index is 0.0484. The SMILES string of the molecule is CCCCSc1ccccc1Nc1ncc(C(=O)Nc2nn[nH]n2)c(OC)n1. The minimum atomic E-state index is -0.500. The van der Waals surface area contributed by atoms with Crippen molar-refractivity contribution in [3.63, 3.8) is 0 Å². The van der Waals surface area contributed by atoms with Crippen molar-refractivity contribution in [3.8, 4) is 5.88 Å². The summed E-state index contributed by atoms with van der Waals surface area (Å²) in [5.41, 5.74) is 1.05. The van der Waals surface area contributed by atoms with Gasteiger partial charge in [-0.3, -0.25) is 10.1 Å². The second kappa shape index (κ2) is 9.65. The molecule has 28 heavy (non-hydrogen) atoms. The number of rotatable bonds is 9. The molecule has 2 aromatic heterocycles. The van der Waals surface area contributed by atoms with Crippen molar-refractivity contribution in [2.24, 2.45) is 0 Å². The summed E-state index contributed by atoms with van der Waals surface area (Å²) in [5, 5.41) is 18.7. The summed E-state index contributed by atoms with van der Waals surface area (Å²) in [7, 11) is 1.44. The molecule has 0 atom stereocenters. The van der Waals surface area contributed by atoms with Crippen LogP contribution in [0, 0.1) is 0 Å². The number of benzene rings is 1. The van der Waals surface area contributed by atoms with E-state index in [2.05, 4.69) is 48.1 Å². The number of carbonyl (C=O) groups excluding carboxylic acids is 1. The van der Waals surface area contributed by atoms with Crippen LogP contribution in [0.25, 0.3) is 0 Å². The van der Waals surface area contributed by atoms with E-state index in [-0.39, 0.29) is 17.4 Å². The highest BCUT2D eigenvalue weighted by Crippen LogP contribution is 2.30. The van der Waals surface area contributed by atoms with Gasteiger partial charge in [0.1, 0.15) is 5.56 Å². The lowest BCUT2D eigenvalue weighted by atomic mass is 10.3. The highest BCUT2D eigenvalue weighted by molar-refractivity contribution is 7.99. The maximum Gasteiger partial charge on any atom is 0.270 e. The molecule has 0 aliphatic rings. The summed E-state index contributed by atoms with van der Waals surface area (Å²) in [5.74, 6) is 1.05. The Morgan fingerprint density at radius 1 is 1.29 bits per heavy atom. The fraction of sp³-hybridized carbons (Fsp3) is 0.294. The molecule has 0 saturated heterocycles. The number of unbranched alkanes of at least 4 members (excludes halogenated alkanes) is 1. The number of nitrogens with one attached hydrogen (secondary N) is 3. The van der Waals surface area contributed by atoms with Crippen molar-refractivity contribution in [1.29, 1.82) is 0 Å². The molecule has 0 saturated carbocycles. The third-order valence-electron chi connectivity index (χ3n) is 3.65. The maximum atomic E-state index is 12.3. The zero-order valence-electron chi connectivity index (χ0n) is 15.5. The lowest BCUT2D eigenvalue weighted by Gasteiger charge is -2.12. The van der Waals surface area contributed by atoms with Gasteiger partial charge in [0.25, 0.3) is 11.9 Å². The van der Waals surface area contributed by atoms with Crippen LogP contribution in [0.4, 0.5) is 17.6 Å². The second-order valence-electron chi connectivity index (χ2n) is 5.63. The third kappa shape index (κ3) is 4.94. The molecule has 0 fully saturated rings. The van der Waals surface area contributed by atoms with Gasteiger partial charge in [-0.1, -0.05) is 30.6 Å². The van der Waals surface area contributed by atoms with Crippen LogP contribution in [0.2, 0.25) is 0 Å². The first kappa shape index (κ1) is 19.5. The number of methoxy groups -OCH3 is 1. The number of carbonyl (C=O) groups is 1. The molecular formula is C17H20N8O2S. The van der Waals surface area contributed by atoms with Crippen LogP contribution < -0.4 is 15.4 Å². The monoisotopic (exact) mass is 400 g/mol. The maximum absolute atomic E-state index is 12.3. The van der Waals surface area contributed by atoms with E-state index in [0.29, 0.717) is 5.95 Å². The summed E-state index contributed by atoms with van der Waals surface area (Å²) >= 11 is 1.77. The first-order valence-corrected chi connectivity index (χ1v) is 9.64. The van der Waals surface area contributed by atoms with E-state index in [0.717, 1.165) is 29.2 Å². The van der Waals surface area contributed by atoms with Gasteiger partial charge in [0.15, 0.2) is 0 Å². The second-order valence-corrected chi connectivity index (χ2v) is 6.77. The topological polar surface area (TPSA) is 131 Å². The molecule has 1 aromatic carbocycles. The number of tetrazole rings is 1. The zero-order chi connectivity index (χ0) is 19.8. The molecule has 1 amide bonds. The predicted molar refractivity (Wildman–Crippen MR) is 106 cm³/mol. The van der Waals surface area contributed by atoms with Gasteiger partial charge in [-0.25, -0.2) is 4.98 Å². The third-order valence-corrected chi connectivity index (χ3v) is 4.81. The van der Waals surface area contributed by atoms with Crippen LogP contribution >= 0.6 is 11.8 Å². The largest absolute Gasteiger partial charge is 0.480 e. The zero-order valence-corrected chi connectivity index (χ0v) is 16.3. The Balaban J connectivity index is 1.76. The molecule has 3 N–H and O–H groups in total. The molecule has 0 bridgehead atoms. The smallest absolute Gasteiger partial charge is 0.270 e. The molecule has 3 rings (SSSR count). The molecule has 146 valence electrons. The number of aromatic nitrogens is 6. The Bertz CT molecular complexity index is 919. The lowest BCUT2D eigenvalue weighted by molar-refractivity contribution is 0.102. The van der Waals surface area contributed by atoms with Crippen molar-refractivity contribution >= 4 is 35.3 Å². The molecule has 0 spiro atoms. The molecular weight excluding hydrogens is 380 g/mol. The summed E-state index contributed by atoms with van der Waals surface area (Å²) in [6, 6.07) is 7.94. The van der Waals surface area contributed by atoms with Gasteiger partial charge in [0, 0.05) is 11.1 Å². The Morgan fingerprint density at radius 3 is 2.89 bits per heavy atom. The van der Waals surface area contributed by atoms with Crippen molar-refractivity contribution in [2.45, 2.75) is 24.7 Å². The Morgan fingerprint density at radius 2 is 2.14 bits per heavy atom. The number of nitrogens with zero attached hydrogens (tertiary/aromatic N) is 5. The van der Waals surface area contributed by atoms with Crippen molar-refractivity contribution < 1.29 is 9.53 Å². The van der Waals surface area contributed by atoms with Crippen LogP contribution in [0.3, 0.4) is 0 Å². The average molecular weight is 400 g/mol. The predicted octanol–water partition coefficient (Wildman–Crippen LogP) is 2.89. The minimum Gasteiger partial charge on any atom is -0.480 e. The fourth-order valence-electron chi connectivity index (χ4n) is 2.26. The molecule has 0 unspecified atom stereocenters. The summed E-state index contributed by atoms with van der Waals surface area (Å²) in [6.07, 6.45) is 3.68. The number of para-hydroxylation sites is 1. The van der Waals surface area contributed by atoms with Crippen molar-refractivity contribution in [1.82, 2.24) is 30.6 Å². The van der Waals surface area contributed by atoms with Crippen LogP contribution in [-0.4, -0.2) is 49.4 Å². The van der Waals surface area contributed by atoms with Crippen molar-refractivity contribution in [3.05, 3.63) is 36.0 Å². The molecule has 2 heterocycles. The van der Waals surface area contributed by atoms with Gasteiger partial charge in [0.2, 0.25) is 11.8 Å². The van der Waals surface area contributed by atoms with E-state index < -0.39 is 5.91 Å². The van der Waals surface area contributed by atoms with Crippen LogP contribution in [-0.2, 0) is 0 Å². The van der Waals surface area contributed by atoms with Gasteiger partial charge in [-0.05, 0) is 29.5 Å². The Labute approximate surface area is 165 Å². The van der Waals surface area contributed by atoms with E-state index >= 15 is 0 Å². The summed E-state index contributed by atoms with van der Waals surface area (Å²) < 4.78 is 5.25. The highest BCUT2D eigenvalue weighted by Gasteiger charge is 2.17. The van der Waals surface area contributed by atoms with E-state index in [1.807, 2.05) is 24.3 Å². The van der Waals surface area contributed by atoms with Crippen LogP contribution in [0.1, 0.15) is 30.1 Å². The molecule has 0 aliphatic carbocycles. The summed E-state index contributed by atoms with van der Waals surface area (Å²) in [4.78, 5) is 22.0. The molecule has 10 nitrogen and oxygen atoms in total. The standard InChI is InChI=1S/C17H20N8O2S/c1-3-4-9-28-13-8-6-5-7-12(13)19-16-18-10-11(15(21-16)27-2)14(26)20-17-22-24-25-23-17/h5-8,10H,3-4,9H2,1-2H3,(H,18,19,21)(H2,20,22,23,24,25,26). The highest BCUT2D eigenvalue weighted by atomic mass is 32.2. The molecule has 3 aromatic rings. The first-order valence-electron chi connectivity index (χ1n) is 8.66. The summed E-state index contributed by atoms with van der Waals surface area (Å²) in [6.45, 7) is 2.17. The Kier molecular flexibility index (Phi) is 6.73. The van der Waals surface area contributed by atoms with Crippen LogP contribution in [0.5, 0.6) is 5.88 Å². The van der Waals surface area contributed by atoms with Gasteiger partial charge in [-0.2, -0.15) is 10.2 Å². The number of anilines is 3. The molecule has 0 aliphatic heterocycles. The number of H-pyrrole nitrogens is 1. The number of amides is 1. The van der Waals surface area contributed by atoms with Crippen LogP contribution in [0.15, 0.2) is 35.4 Å². The van der Waals surface area contributed by atoms with E-state index in [4.69, 9.17) is 4.74 Å². The number of ether oxygens (including phenoxy) is 1. The quantitative estimate of drug-likeness (QED) is 0.366. The van der Waals surface area contributed by atoms with Gasteiger partial charge < -0.3 is 10.1 Å². The first-order chi connectivity index (χ1) is 13.7. The fourth-order valence-corrected chi connectivity index (χ4v) is 3.37. The van der Waals surface area contributed by atoms with E-state index in [1.54, 1.807) is 11.8 Å². The number of aromatic amines is 1. The van der Waals surface area contributed by atoms with Crippen molar-refractivity contribution in [2.75, 3.05) is 23.5 Å². The van der Waals surface area contributed by atoms with Gasteiger partial charge >= 0.3 is 0 Å². The van der Waals surface area contributed by atoms with E-state index in [9.17, 15) is 4.79 Å². The van der Waals surface area contributed by atoms with Gasteiger partial charge in [-0.15, -0.1) is 16.9 Å². The normalized spacial score (nSPS) is 10.5. The lowest BCUT2D eigenvalue weighted by Crippen LogP contribution is -2.16. The number of hydrogen-bond acceptors (Lipinski definition) is 9. The van der Waals surface area contributed by atoms with E-state index in [1.165, 1.54) is 13.3 Å². The van der Waals surface area contributed by atoms with Gasteiger partial charge in [0.05, 0.1) is 12.8 Å². The Hall–Kier alpha value is -3.21. The molecule has 11 heteroatoms. The number of thioether (sulfide) groups is 1.